The molecule has 1 fully saturated rings. The van der Waals surface area contributed by atoms with Crippen molar-refractivity contribution in [3.05, 3.63) is 29.3 Å². The van der Waals surface area contributed by atoms with Crippen molar-refractivity contribution in [1.29, 1.82) is 0 Å². The Morgan fingerprint density at radius 2 is 2.05 bits per heavy atom. The summed E-state index contributed by atoms with van der Waals surface area (Å²) in [4.78, 5) is 12.1. The van der Waals surface area contributed by atoms with Gasteiger partial charge in [0.05, 0.1) is 0 Å². The SMILES string of the molecule is CCC1CCCC(C(=O)COc2ccc(Cl)cc2)C1. The zero-order valence-corrected chi connectivity index (χ0v) is 12.2. The Balaban J connectivity index is 1.82. The minimum absolute atomic E-state index is 0.183. The molecule has 2 unspecified atom stereocenters. The highest BCUT2D eigenvalue weighted by atomic mass is 35.5. The second-order valence-corrected chi connectivity index (χ2v) is 5.78. The topological polar surface area (TPSA) is 26.3 Å². The van der Waals surface area contributed by atoms with Crippen LogP contribution in [-0.4, -0.2) is 12.4 Å². The normalized spacial score (nSPS) is 23.1. The largest absolute Gasteiger partial charge is 0.486 e. The van der Waals surface area contributed by atoms with E-state index < -0.39 is 0 Å². The molecule has 2 nitrogen and oxygen atoms in total. The molecule has 2 atom stereocenters. The maximum absolute atomic E-state index is 12.1. The number of halogens is 1. The quantitative estimate of drug-likeness (QED) is 0.793. The Kier molecular flexibility index (Phi) is 5.26. The van der Waals surface area contributed by atoms with E-state index in [1.807, 2.05) is 0 Å². The average molecular weight is 281 g/mol. The van der Waals surface area contributed by atoms with Crippen LogP contribution >= 0.6 is 11.6 Å². The monoisotopic (exact) mass is 280 g/mol. The van der Waals surface area contributed by atoms with Crippen molar-refractivity contribution in [2.75, 3.05) is 6.61 Å². The van der Waals surface area contributed by atoms with Crippen LogP contribution in [0.2, 0.25) is 5.02 Å². The summed E-state index contributed by atoms with van der Waals surface area (Å²) in [5.74, 6) is 1.87. The summed E-state index contributed by atoms with van der Waals surface area (Å²) in [6, 6.07) is 7.14. The molecule has 0 aromatic heterocycles. The van der Waals surface area contributed by atoms with E-state index in [1.165, 1.54) is 19.3 Å². The molecule has 0 heterocycles. The van der Waals surface area contributed by atoms with Crippen molar-refractivity contribution in [2.24, 2.45) is 11.8 Å². The van der Waals surface area contributed by atoms with Gasteiger partial charge in [-0.05, 0) is 43.0 Å². The molecule has 0 bridgehead atoms. The molecule has 1 aromatic carbocycles. The molecule has 2 rings (SSSR count). The van der Waals surface area contributed by atoms with Gasteiger partial charge >= 0.3 is 0 Å². The first-order valence-electron chi connectivity index (χ1n) is 7.10. The lowest BCUT2D eigenvalue weighted by molar-refractivity contribution is -0.126. The number of carbonyl (C=O) groups excluding carboxylic acids is 1. The molecule has 1 saturated carbocycles. The third-order valence-electron chi connectivity index (χ3n) is 4.01. The van der Waals surface area contributed by atoms with Crippen molar-refractivity contribution in [2.45, 2.75) is 39.0 Å². The van der Waals surface area contributed by atoms with Crippen LogP contribution in [0.1, 0.15) is 39.0 Å². The number of ether oxygens (including phenoxy) is 1. The first kappa shape index (κ1) is 14.4. The van der Waals surface area contributed by atoms with E-state index in [0.717, 1.165) is 18.8 Å². The Labute approximate surface area is 120 Å². The highest BCUT2D eigenvalue weighted by Crippen LogP contribution is 2.31. The molecular formula is C16H21ClO2. The number of hydrogen-bond donors (Lipinski definition) is 0. The van der Waals surface area contributed by atoms with Gasteiger partial charge in [0.1, 0.15) is 12.4 Å². The smallest absolute Gasteiger partial charge is 0.173 e. The molecule has 0 saturated heterocycles. The van der Waals surface area contributed by atoms with Gasteiger partial charge in [0.25, 0.3) is 0 Å². The first-order valence-corrected chi connectivity index (χ1v) is 7.48. The molecule has 3 heteroatoms. The van der Waals surface area contributed by atoms with Crippen LogP contribution in [0.15, 0.2) is 24.3 Å². The molecule has 0 radical (unpaired) electrons. The van der Waals surface area contributed by atoms with Crippen LogP contribution in [0, 0.1) is 11.8 Å². The summed E-state index contributed by atoms with van der Waals surface area (Å²) in [5, 5.41) is 0.678. The molecule has 0 aliphatic heterocycles. The molecule has 1 aromatic rings. The van der Waals surface area contributed by atoms with Crippen molar-refractivity contribution in [3.8, 4) is 5.75 Å². The molecule has 19 heavy (non-hydrogen) atoms. The van der Waals surface area contributed by atoms with E-state index in [9.17, 15) is 4.79 Å². The van der Waals surface area contributed by atoms with Crippen LogP contribution in [0.3, 0.4) is 0 Å². The van der Waals surface area contributed by atoms with Crippen LogP contribution in [0.25, 0.3) is 0 Å². The van der Waals surface area contributed by atoms with Crippen LogP contribution in [0.4, 0.5) is 0 Å². The van der Waals surface area contributed by atoms with E-state index in [0.29, 0.717) is 10.8 Å². The van der Waals surface area contributed by atoms with Crippen LogP contribution in [0.5, 0.6) is 5.75 Å². The number of benzene rings is 1. The number of hydrogen-bond acceptors (Lipinski definition) is 2. The molecular weight excluding hydrogens is 260 g/mol. The van der Waals surface area contributed by atoms with Crippen molar-refractivity contribution < 1.29 is 9.53 Å². The maximum Gasteiger partial charge on any atom is 0.173 e. The minimum Gasteiger partial charge on any atom is -0.486 e. The van der Waals surface area contributed by atoms with Gasteiger partial charge in [-0.1, -0.05) is 37.8 Å². The fourth-order valence-electron chi connectivity index (χ4n) is 2.76. The predicted molar refractivity (Wildman–Crippen MR) is 77.7 cm³/mol. The average Bonchev–Trinajstić information content (AvgIpc) is 2.46. The van der Waals surface area contributed by atoms with Gasteiger partial charge in [0.2, 0.25) is 0 Å². The van der Waals surface area contributed by atoms with Gasteiger partial charge in [-0.3, -0.25) is 4.79 Å². The fraction of sp³-hybridized carbons (Fsp3) is 0.562. The van der Waals surface area contributed by atoms with Gasteiger partial charge < -0.3 is 4.74 Å². The molecule has 0 amide bonds. The first-order chi connectivity index (χ1) is 9.19. The number of rotatable bonds is 5. The lowest BCUT2D eigenvalue weighted by Crippen LogP contribution is -2.26. The Morgan fingerprint density at radius 3 is 2.74 bits per heavy atom. The van der Waals surface area contributed by atoms with E-state index >= 15 is 0 Å². The second kappa shape index (κ2) is 6.95. The number of ketones is 1. The standard InChI is InChI=1S/C16H21ClO2/c1-2-12-4-3-5-13(10-12)16(18)11-19-15-8-6-14(17)7-9-15/h6-9,12-13H,2-5,10-11H2,1H3. The Morgan fingerprint density at radius 1 is 1.32 bits per heavy atom. The van der Waals surface area contributed by atoms with Gasteiger partial charge in [0, 0.05) is 10.9 Å². The highest BCUT2D eigenvalue weighted by molar-refractivity contribution is 6.30. The zero-order chi connectivity index (χ0) is 13.7. The van der Waals surface area contributed by atoms with Crippen molar-refractivity contribution in [1.82, 2.24) is 0 Å². The number of carbonyl (C=O) groups is 1. The van der Waals surface area contributed by atoms with Crippen LogP contribution in [-0.2, 0) is 4.79 Å². The lowest BCUT2D eigenvalue weighted by Gasteiger charge is -2.27. The van der Waals surface area contributed by atoms with E-state index in [-0.39, 0.29) is 18.3 Å². The summed E-state index contributed by atoms with van der Waals surface area (Å²) < 4.78 is 5.54. The third kappa shape index (κ3) is 4.24. The van der Waals surface area contributed by atoms with E-state index in [2.05, 4.69) is 6.92 Å². The summed E-state index contributed by atoms with van der Waals surface area (Å²) in [5.41, 5.74) is 0. The van der Waals surface area contributed by atoms with Crippen LogP contribution < -0.4 is 4.74 Å². The summed E-state index contributed by atoms with van der Waals surface area (Å²) in [6.45, 7) is 2.39. The molecule has 104 valence electrons. The van der Waals surface area contributed by atoms with Gasteiger partial charge in [-0.15, -0.1) is 0 Å². The van der Waals surface area contributed by atoms with Crippen molar-refractivity contribution in [3.63, 3.8) is 0 Å². The van der Waals surface area contributed by atoms with Gasteiger partial charge in [-0.2, -0.15) is 0 Å². The third-order valence-corrected chi connectivity index (χ3v) is 4.26. The number of Topliss-reactive ketones (excluding diaryl/α,β-unsaturated/α-hetero) is 1. The molecule has 1 aliphatic carbocycles. The summed E-state index contributed by atoms with van der Waals surface area (Å²) in [6.07, 6.45) is 5.70. The minimum atomic E-state index is 0.183. The Bertz CT molecular complexity index is 413. The zero-order valence-electron chi connectivity index (χ0n) is 11.4. The van der Waals surface area contributed by atoms with Gasteiger partial charge in [-0.25, -0.2) is 0 Å². The van der Waals surface area contributed by atoms with E-state index in [4.69, 9.17) is 16.3 Å². The molecule has 0 spiro atoms. The second-order valence-electron chi connectivity index (χ2n) is 5.35. The predicted octanol–water partition coefficient (Wildman–Crippen LogP) is 4.50. The Hall–Kier alpha value is -1.02. The maximum atomic E-state index is 12.1. The van der Waals surface area contributed by atoms with Gasteiger partial charge in [0.15, 0.2) is 5.78 Å². The van der Waals surface area contributed by atoms with Crippen molar-refractivity contribution >= 4 is 17.4 Å². The fourth-order valence-corrected chi connectivity index (χ4v) is 2.88. The molecule has 1 aliphatic rings. The summed E-state index contributed by atoms with van der Waals surface area (Å²) in [7, 11) is 0. The lowest BCUT2D eigenvalue weighted by atomic mass is 9.78. The molecule has 0 N–H and O–H groups in total. The highest BCUT2D eigenvalue weighted by Gasteiger charge is 2.26. The summed E-state index contributed by atoms with van der Waals surface area (Å²) >= 11 is 5.81. The van der Waals surface area contributed by atoms with E-state index in [1.54, 1.807) is 24.3 Å².